The van der Waals surface area contributed by atoms with Crippen LogP contribution in [0.25, 0.3) is 0 Å². The Bertz CT molecular complexity index is 223. The van der Waals surface area contributed by atoms with Crippen molar-refractivity contribution in [3.8, 4) is 0 Å². The molecule has 1 rings (SSSR count). The number of nitrogens with zero attached hydrogens (tertiary/aromatic N) is 1. The van der Waals surface area contributed by atoms with Crippen molar-refractivity contribution in [1.29, 1.82) is 0 Å². The van der Waals surface area contributed by atoms with E-state index in [-0.39, 0.29) is 6.61 Å². The maximum Gasteiger partial charge on any atom is 0.522 e. The number of nitrogens with one attached hydrogen (secondary N) is 1. The molecule has 1 aliphatic heterocycles. The zero-order valence-electron chi connectivity index (χ0n) is 10.4. The van der Waals surface area contributed by atoms with Gasteiger partial charge in [0.2, 0.25) is 0 Å². The molecule has 0 aromatic heterocycles. The predicted molar refractivity (Wildman–Crippen MR) is 59.7 cm³/mol. The standard InChI is InChI=1S/C11H21F3N2O/c1-3-4-10-7-15-9(2)8-16(10)5-6-17-11(12,13)14/h9-10,15H,3-8H2,1-2H3. The minimum atomic E-state index is -4.51. The molecule has 1 aliphatic rings. The third kappa shape index (κ3) is 5.70. The van der Waals surface area contributed by atoms with Crippen molar-refractivity contribution in [2.75, 3.05) is 26.2 Å². The van der Waals surface area contributed by atoms with E-state index in [0.717, 1.165) is 25.9 Å². The van der Waals surface area contributed by atoms with E-state index in [1.807, 2.05) is 6.92 Å². The first kappa shape index (κ1) is 14.7. The van der Waals surface area contributed by atoms with Gasteiger partial charge in [-0.1, -0.05) is 13.3 Å². The van der Waals surface area contributed by atoms with Gasteiger partial charge in [0.05, 0.1) is 6.61 Å². The Balaban J connectivity index is 2.35. The zero-order valence-corrected chi connectivity index (χ0v) is 10.4. The van der Waals surface area contributed by atoms with E-state index in [1.54, 1.807) is 0 Å². The van der Waals surface area contributed by atoms with Gasteiger partial charge >= 0.3 is 6.36 Å². The smallest absolute Gasteiger partial charge is 0.311 e. The van der Waals surface area contributed by atoms with Crippen LogP contribution in [0.4, 0.5) is 13.2 Å². The Morgan fingerprint density at radius 1 is 1.41 bits per heavy atom. The van der Waals surface area contributed by atoms with E-state index >= 15 is 0 Å². The molecule has 0 saturated carbocycles. The number of ether oxygens (including phenoxy) is 1. The summed E-state index contributed by atoms with van der Waals surface area (Å²) in [4.78, 5) is 2.09. The highest BCUT2D eigenvalue weighted by molar-refractivity contribution is 4.83. The number of alkyl halides is 3. The van der Waals surface area contributed by atoms with Crippen molar-refractivity contribution in [1.82, 2.24) is 10.2 Å². The van der Waals surface area contributed by atoms with Gasteiger partial charge in [0.25, 0.3) is 0 Å². The molecule has 0 aromatic carbocycles. The minimum Gasteiger partial charge on any atom is -0.311 e. The van der Waals surface area contributed by atoms with E-state index in [1.165, 1.54) is 0 Å². The zero-order chi connectivity index (χ0) is 12.9. The summed E-state index contributed by atoms with van der Waals surface area (Å²) in [6.45, 7) is 5.82. The lowest BCUT2D eigenvalue weighted by atomic mass is 10.1. The van der Waals surface area contributed by atoms with E-state index in [0.29, 0.717) is 18.6 Å². The molecule has 3 nitrogen and oxygen atoms in total. The highest BCUT2D eigenvalue weighted by Crippen LogP contribution is 2.17. The Morgan fingerprint density at radius 3 is 2.71 bits per heavy atom. The highest BCUT2D eigenvalue weighted by Gasteiger charge is 2.30. The van der Waals surface area contributed by atoms with E-state index in [4.69, 9.17) is 0 Å². The summed E-state index contributed by atoms with van der Waals surface area (Å²) in [6.07, 6.45) is -2.47. The van der Waals surface area contributed by atoms with Gasteiger partial charge in [-0.15, -0.1) is 13.2 Å². The van der Waals surface area contributed by atoms with Gasteiger partial charge in [0, 0.05) is 31.7 Å². The summed E-state index contributed by atoms with van der Waals surface area (Å²) in [5, 5.41) is 3.35. The lowest BCUT2D eigenvalue weighted by Gasteiger charge is -2.39. The second-order valence-electron chi connectivity index (χ2n) is 4.54. The minimum absolute atomic E-state index is 0.281. The van der Waals surface area contributed by atoms with Crippen LogP contribution in [0.15, 0.2) is 0 Å². The van der Waals surface area contributed by atoms with Crippen LogP contribution in [-0.4, -0.2) is 49.6 Å². The fourth-order valence-electron chi connectivity index (χ4n) is 2.20. The van der Waals surface area contributed by atoms with Gasteiger partial charge in [-0.2, -0.15) is 0 Å². The average Bonchev–Trinajstić information content (AvgIpc) is 2.20. The summed E-state index contributed by atoms with van der Waals surface area (Å²) in [5.41, 5.74) is 0. The first-order valence-corrected chi connectivity index (χ1v) is 6.10. The third-order valence-corrected chi connectivity index (χ3v) is 2.99. The summed E-state index contributed by atoms with van der Waals surface area (Å²) in [6, 6.07) is 0.655. The summed E-state index contributed by atoms with van der Waals surface area (Å²) in [5.74, 6) is 0. The molecule has 6 heteroatoms. The molecule has 0 aromatic rings. The third-order valence-electron chi connectivity index (χ3n) is 2.99. The Labute approximate surface area is 100 Å². The largest absolute Gasteiger partial charge is 0.522 e. The molecule has 1 N–H and O–H groups in total. The summed E-state index contributed by atoms with van der Waals surface area (Å²) in [7, 11) is 0. The maximum absolute atomic E-state index is 11.9. The maximum atomic E-state index is 11.9. The molecule has 0 bridgehead atoms. The number of hydrogen-bond donors (Lipinski definition) is 1. The van der Waals surface area contributed by atoms with Gasteiger partial charge in [-0.3, -0.25) is 9.64 Å². The fraction of sp³-hybridized carbons (Fsp3) is 1.00. The molecule has 1 heterocycles. The molecule has 0 aliphatic carbocycles. The van der Waals surface area contributed by atoms with Crippen LogP contribution in [-0.2, 0) is 4.74 Å². The molecule has 0 radical (unpaired) electrons. The number of piperazine rings is 1. The number of rotatable bonds is 5. The van der Waals surface area contributed by atoms with Crippen LogP contribution in [0.2, 0.25) is 0 Å². The van der Waals surface area contributed by atoms with Crippen molar-refractivity contribution in [2.24, 2.45) is 0 Å². The SMILES string of the molecule is CCCC1CNC(C)CN1CCOC(F)(F)F. The van der Waals surface area contributed by atoms with Crippen molar-refractivity contribution in [3.63, 3.8) is 0 Å². The van der Waals surface area contributed by atoms with Crippen LogP contribution >= 0.6 is 0 Å². The van der Waals surface area contributed by atoms with Crippen LogP contribution in [0.3, 0.4) is 0 Å². The Kier molecular flexibility index (Phi) is 5.69. The molecule has 1 fully saturated rings. The molecule has 102 valence electrons. The molecule has 2 atom stereocenters. The van der Waals surface area contributed by atoms with E-state index < -0.39 is 6.36 Å². The molecular weight excluding hydrogens is 233 g/mol. The molecular formula is C11H21F3N2O. The summed E-state index contributed by atoms with van der Waals surface area (Å²) < 4.78 is 39.5. The molecule has 0 spiro atoms. The average molecular weight is 254 g/mol. The van der Waals surface area contributed by atoms with Gasteiger partial charge in [0.15, 0.2) is 0 Å². The number of hydrogen-bond acceptors (Lipinski definition) is 3. The van der Waals surface area contributed by atoms with E-state index in [2.05, 4.69) is 21.9 Å². The lowest BCUT2D eigenvalue weighted by molar-refractivity contribution is -0.325. The van der Waals surface area contributed by atoms with E-state index in [9.17, 15) is 13.2 Å². The van der Waals surface area contributed by atoms with Crippen LogP contribution in [0, 0.1) is 0 Å². The van der Waals surface area contributed by atoms with Crippen molar-refractivity contribution < 1.29 is 17.9 Å². The summed E-state index contributed by atoms with van der Waals surface area (Å²) >= 11 is 0. The van der Waals surface area contributed by atoms with Crippen molar-refractivity contribution in [3.05, 3.63) is 0 Å². The molecule has 2 unspecified atom stereocenters. The van der Waals surface area contributed by atoms with Crippen LogP contribution < -0.4 is 5.32 Å². The van der Waals surface area contributed by atoms with Gasteiger partial charge in [-0.05, 0) is 13.3 Å². The van der Waals surface area contributed by atoms with Crippen molar-refractivity contribution in [2.45, 2.75) is 45.1 Å². The van der Waals surface area contributed by atoms with Gasteiger partial charge in [0.1, 0.15) is 0 Å². The van der Waals surface area contributed by atoms with Gasteiger partial charge in [-0.25, -0.2) is 0 Å². The second-order valence-corrected chi connectivity index (χ2v) is 4.54. The monoisotopic (exact) mass is 254 g/mol. The first-order chi connectivity index (χ1) is 7.92. The normalized spacial score (nSPS) is 27.4. The molecule has 0 amide bonds. The Hall–Kier alpha value is -0.330. The first-order valence-electron chi connectivity index (χ1n) is 6.10. The fourth-order valence-corrected chi connectivity index (χ4v) is 2.20. The van der Waals surface area contributed by atoms with Crippen LogP contribution in [0.5, 0.6) is 0 Å². The van der Waals surface area contributed by atoms with Crippen LogP contribution in [0.1, 0.15) is 26.7 Å². The Morgan fingerprint density at radius 2 is 2.12 bits per heavy atom. The quantitative estimate of drug-likeness (QED) is 0.812. The number of halogens is 3. The lowest BCUT2D eigenvalue weighted by Crippen LogP contribution is -2.56. The second kappa shape index (κ2) is 6.56. The predicted octanol–water partition coefficient (Wildman–Crippen LogP) is 1.99. The topological polar surface area (TPSA) is 24.5 Å². The van der Waals surface area contributed by atoms with Crippen molar-refractivity contribution >= 4 is 0 Å². The molecule has 1 saturated heterocycles. The molecule has 17 heavy (non-hydrogen) atoms. The highest BCUT2D eigenvalue weighted by atomic mass is 19.4. The van der Waals surface area contributed by atoms with Gasteiger partial charge < -0.3 is 5.32 Å².